The van der Waals surface area contributed by atoms with E-state index in [2.05, 4.69) is 31.4 Å². The fraction of sp³-hybridized carbons (Fsp3) is 0.263. The van der Waals surface area contributed by atoms with Crippen LogP contribution in [0.15, 0.2) is 42.5 Å². The van der Waals surface area contributed by atoms with Crippen molar-refractivity contribution in [2.45, 2.75) is 26.2 Å². The average Bonchev–Trinajstić information content (AvgIpc) is 2.56. The number of hydrogen-bond acceptors (Lipinski definition) is 2. The molecule has 6 heteroatoms. The van der Waals surface area contributed by atoms with Gasteiger partial charge in [-0.3, -0.25) is 9.59 Å². The van der Waals surface area contributed by atoms with Crippen LogP contribution in [0.4, 0.5) is 5.69 Å². The zero-order valence-electron chi connectivity index (χ0n) is 14.3. The quantitative estimate of drug-likeness (QED) is 0.812. The first-order valence-corrected chi connectivity index (χ1v) is 8.56. The molecule has 2 amide bonds. The highest BCUT2D eigenvalue weighted by Gasteiger charge is 2.15. The van der Waals surface area contributed by atoms with Gasteiger partial charge in [-0.25, -0.2) is 0 Å². The van der Waals surface area contributed by atoms with Gasteiger partial charge in [0, 0.05) is 5.56 Å². The molecule has 0 bridgehead atoms. The summed E-state index contributed by atoms with van der Waals surface area (Å²) in [5.74, 6) is -0.698. The minimum atomic E-state index is -0.385. The Bertz CT molecular complexity index is 781. The molecule has 0 heterocycles. The van der Waals surface area contributed by atoms with E-state index >= 15 is 0 Å². The van der Waals surface area contributed by atoms with Crippen molar-refractivity contribution >= 4 is 40.7 Å². The molecule has 25 heavy (non-hydrogen) atoms. The second kappa shape index (κ2) is 7.89. The van der Waals surface area contributed by atoms with Crippen LogP contribution < -0.4 is 10.6 Å². The van der Waals surface area contributed by atoms with Crippen molar-refractivity contribution in [1.29, 1.82) is 0 Å². The molecule has 2 aromatic carbocycles. The number of anilines is 1. The molecule has 0 aliphatic rings. The van der Waals surface area contributed by atoms with Crippen LogP contribution in [-0.4, -0.2) is 18.4 Å². The van der Waals surface area contributed by atoms with Crippen LogP contribution in [0.1, 0.15) is 36.7 Å². The van der Waals surface area contributed by atoms with Crippen molar-refractivity contribution in [2.75, 3.05) is 11.9 Å². The van der Waals surface area contributed by atoms with E-state index in [1.807, 2.05) is 12.1 Å². The van der Waals surface area contributed by atoms with Crippen LogP contribution in [0.5, 0.6) is 0 Å². The van der Waals surface area contributed by atoms with Gasteiger partial charge in [-0.15, -0.1) is 0 Å². The number of carbonyl (C=O) groups excluding carboxylic acids is 2. The van der Waals surface area contributed by atoms with Gasteiger partial charge in [-0.05, 0) is 35.2 Å². The minimum Gasteiger partial charge on any atom is -0.343 e. The molecule has 2 N–H and O–H groups in total. The molecule has 2 rings (SSSR count). The number of benzene rings is 2. The molecule has 0 spiro atoms. The third-order valence-corrected chi connectivity index (χ3v) is 4.47. The van der Waals surface area contributed by atoms with E-state index in [4.69, 9.17) is 23.2 Å². The van der Waals surface area contributed by atoms with Gasteiger partial charge in [0.25, 0.3) is 5.91 Å². The fourth-order valence-corrected chi connectivity index (χ4v) is 2.53. The lowest BCUT2D eigenvalue weighted by atomic mass is 9.87. The monoisotopic (exact) mass is 378 g/mol. The predicted octanol–water partition coefficient (Wildman–Crippen LogP) is 4.66. The summed E-state index contributed by atoms with van der Waals surface area (Å²) in [7, 11) is 0. The second-order valence-corrected chi connectivity index (χ2v) is 7.44. The SMILES string of the molecule is CC(C)(C)c1ccc(C(=O)NCC(=O)Nc2cccc(Cl)c2Cl)cc1. The smallest absolute Gasteiger partial charge is 0.251 e. The van der Waals surface area contributed by atoms with Gasteiger partial charge in [0.15, 0.2) is 0 Å². The number of amides is 2. The summed E-state index contributed by atoms with van der Waals surface area (Å²) in [6.07, 6.45) is 0. The fourth-order valence-electron chi connectivity index (χ4n) is 2.18. The summed E-state index contributed by atoms with van der Waals surface area (Å²) in [5, 5.41) is 5.82. The summed E-state index contributed by atoms with van der Waals surface area (Å²) >= 11 is 11.9. The van der Waals surface area contributed by atoms with Gasteiger partial charge in [0.2, 0.25) is 5.91 Å². The first kappa shape index (κ1) is 19.3. The molecule has 0 unspecified atom stereocenters. The van der Waals surface area contributed by atoms with Gasteiger partial charge in [0.05, 0.1) is 22.3 Å². The van der Waals surface area contributed by atoms with Crippen LogP contribution in [0.3, 0.4) is 0 Å². The standard InChI is InChI=1S/C19H20Cl2N2O2/c1-19(2,3)13-9-7-12(8-10-13)18(25)22-11-16(24)23-15-6-4-5-14(20)17(15)21/h4-10H,11H2,1-3H3,(H,22,25)(H,23,24). The normalized spacial score (nSPS) is 11.1. The Morgan fingerprint density at radius 1 is 1.00 bits per heavy atom. The molecule has 0 saturated carbocycles. The summed E-state index contributed by atoms with van der Waals surface area (Å²) in [6.45, 7) is 6.15. The lowest BCUT2D eigenvalue weighted by Crippen LogP contribution is -2.33. The molecule has 0 atom stereocenters. The Hall–Kier alpha value is -2.04. The zero-order valence-corrected chi connectivity index (χ0v) is 15.8. The summed E-state index contributed by atoms with van der Waals surface area (Å²) in [4.78, 5) is 24.1. The number of carbonyl (C=O) groups is 2. The number of hydrogen-bond donors (Lipinski definition) is 2. The van der Waals surface area contributed by atoms with Crippen molar-refractivity contribution in [3.05, 3.63) is 63.6 Å². The number of nitrogens with one attached hydrogen (secondary N) is 2. The highest BCUT2D eigenvalue weighted by Crippen LogP contribution is 2.29. The number of halogens is 2. The third kappa shape index (κ3) is 5.21. The molecule has 0 saturated heterocycles. The van der Waals surface area contributed by atoms with E-state index in [9.17, 15) is 9.59 Å². The second-order valence-electron chi connectivity index (χ2n) is 6.66. The Morgan fingerprint density at radius 3 is 2.24 bits per heavy atom. The molecule has 0 fully saturated rings. The largest absolute Gasteiger partial charge is 0.343 e. The van der Waals surface area contributed by atoms with Crippen LogP contribution in [0.25, 0.3) is 0 Å². The maximum Gasteiger partial charge on any atom is 0.251 e. The maximum atomic E-state index is 12.1. The van der Waals surface area contributed by atoms with E-state index in [-0.39, 0.29) is 28.8 Å². The van der Waals surface area contributed by atoms with E-state index in [1.54, 1.807) is 30.3 Å². The molecule has 0 radical (unpaired) electrons. The summed E-state index contributed by atoms with van der Waals surface area (Å²) in [6, 6.07) is 12.3. The Labute approximate surface area is 157 Å². The lowest BCUT2D eigenvalue weighted by molar-refractivity contribution is -0.115. The van der Waals surface area contributed by atoms with Crippen molar-refractivity contribution in [1.82, 2.24) is 5.32 Å². The van der Waals surface area contributed by atoms with E-state index in [0.29, 0.717) is 16.3 Å². The van der Waals surface area contributed by atoms with Gasteiger partial charge in [0.1, 0.15) is 0 Å². The predicted molar refractivity (Wildman–Crippen MR) is 103 cm³/mol. The van der Waals surface area contributed by atoms with Crippen molar-refractivity contribution in [3.8, 4) is 0 Å². The molecule has 0 aliphatic heterocycles. The van der Waals surface area contributed by atoms with Crippen LogP contribution >= 0.6 is 23.2 Å². The topological polar surface area (TPSA) is 58.2 Å². The average molecular weight is 379 g/mol. The van der Waals surface area contributed by atoms with Crippen molar-refractivity contribution in [2.24, 2.45) is 0 Å². The van der Waals surface area contributed by atoms with Gasteiger partial charge in [-0.1, -0.05) is 62.2 Å². The molecule has 4 nitrogen and oxygen atoms in total. The van der Waals surface area contributed by atoms with Crippen molar-refractivity contribution < 1.29 is 9.59 Å². The van der Waals surface area contributed by atoms with Gasteiger partial charge in [-0.2, -0.15) is 0 Å². The summed E-state index contributed by atoms with van der Waals surface area (Å²) < 4.78 is 0. The van der Waals surface area contributed by atoms with Gasteiger partial charge < -0.3 is 10.6 Å². The minimum absolute atomic E-state index is 0.0190. The third-order valence-electron chi connectivity index (χ3n) is 3.65. The Morgan fingerprint density at radius 2 is 1.64 bits per heavy atom. The first-order chi connectivity index (χ1) is 11.7. The van der Waals surface area contributed by atoms with Crippen molar-refractivity contribution in [3.63, 3.8) is 0 Å². The highest BCUT2D eigenvalue weighted by molar-refractivity contribution is 6.44. The van der Waals surface area contributed by atoms with E-state index in [1.165, 1.54) is 0 Å². The first-order valence-electron chi connectivity index (χ1n) is 7.81. The highest BCUT2D eigenvalue weighted by atomic mass is 35.5. The molecular weight excluding hydrogens is 359 g/mol. The molecular formula is C19H20Cl2N2O2. The molecule has 0 aliphatic carbocycles. The Kier molecular flexibility index (Phi) is 6.09. The Balaban J connectivity index is 1.93. The zero-order chi connectivity index (χ0) is 18.6. The van der Waals surface area contributed by atoms with Crippen LogP contribution in [0, 0.1) is 0 Å². The number of rotatable bonds is 4. The summed E-state index contributed by atoms with van der Waals surface area (Å²) in [5.41, 5.74) is 2.06. The molecule has 0 aromatic heterocycles. The van der Waals surface area contributed by atoms with E-state index < -0.39 is 0 Å². The van der Waals surface area contributed by atoms with Crippen LogP contribution in [-0.2, 0) is 10.2 Å². The van der Waals surface area contributed by atoms with Gasteiger partial charge >= 0.3 is 0 Å². The van der Waals surface area contributed by atoms with E-state index in [0.717, 1.165) is 5.56 Å². The van der Waals surface area contributed by atoms with Crippen LogP contribution in [0.2, 0.25) is 10.0 Å². The maximum absolute atomic E-state index is 12.1. The molecule has 2 aromatic rings. The molecule has 132 valence electrons. The lowest BCUT2D eigenvalue weighted by Gasteiger charge is -2.19.